The molecule has 1 aromatic heterocycles. The van der Waals surface area contributed by atoms with Crippen LogP contribution in [0.5, 0.6) is 11.5 Å². The van der Waals surface area contributed by atoms with Gasteiger partial charge in [0.05, 0.1) is 6.61 Å². The maximum absolute atomic E-state index is 6.02. The van der Waals surface area contributed by atoms with E-state index in [-0.39, 0.29) is 6.10 Å². The average molecular weight is 342 g/mol. The predicted octanol–water partition coefficient (Wildman–Crippen LogP) is 3.57. The SMILES string of the molecule is CCOc1cc(CNCc2noc3c2CCCC3)c2c(c1)CC(C)O2. The number of ether oxygens (including phenoxy) is 2. The van der Waals surface area contributed by atoms with Gasteiger partial charge in [-0.05, 0) is 45.2 Å². The van der Waals surface area contributed by atoms with Crippen LogP contribution in [-0.4, -0.2) is 17.9 Å². The highest BCUT2D eigenvalue weighted by Crippen LogP contribution is 2.36. The van der Waals surface area contributed by atoms with Crippen molar-refractivity contribution in [1.82, 2.24) is 10.5 Å². The zero-order valence-corrected chi connectivity index (χ0v) is 15.1. The minimum absolute atomic E-state index is 0.230. The average Bonchev–Trinajstić information content (AvgIpc) is 3.18. The molecule has 1 aliphatic carbocycles. The van der Waals surface area contributed by atoms with Crippen LogP contribution >= 0.6 is 0 Å². The first kappa shape index (κ1) is 16.5. The quantitative estimate of drug-likeness (QED) is 0.870. The van der Waals surface area contributed by atoms with Gasteiger partial charge in [-0.2, -0.15) is 0 Å². The summed E-state index contributed by atoms with van der Waals surface area (Å²) in [5.41, 5.74) is 4.77. The molecule has 0 bridgehead atoms. The molecule has 4 rings (SSSR count). The molecular weight excluding hydrogens is 316 g/mol. The molecule has 0 saturated heterocycles. The van der Waals surface area contributed by atoms with Crippen LogP contribution in [0.15, 0.2) is 16.7 Å². The third-order valence-corrected chi connectivity index (χ3v) is 4.99. The molecule has 0 spiro atoms. The number of benzene rings is 1. The zero-order chi connectivity index (χ0) is 17.2. The normalized spacial score (nSPS) is 18.6. The molecule has 0 radical (unpaired) electrons. The van der Waals surface area contributed by atoms with Gasteiger partial charge in [0.15, 0.2) is 0 Å². The molecule has 0 fully saturated rings. The van der Waals surface area contributed by atoms with Gasteiger partial charge < -0.3 is 19.3 Å². The Labute approximate surface area is 148 Å². The lowest BCUT2D eigenvalue weighted by atomic mass is 9.96. The first-order valence-electron chi connectivity index (χ1n) is 9.37. The van der Waals surface area contributed by atoms with Crippen LogP contribution in [0.25, 0.3) is 0 Å². The summed E-state index contributed by atoms with van der Waals surface area (Å²) >= 11 is 0. The number of hydrogen-bond acceptors (Lipinski definition) is 5. The van der Waals surface area contributed by atoms with Gasteiger partial charge in [0.25, 0.3) is 0 Å². The van der Waals surface area contributed by atoms with E-state index in [0.29, 0.717) is 6.61 Å². The summed E-state index contributed by atoms with van der Waals surface area (Å²) in [6.07, 6.45) is 5.73. The lowest BCUT2D eigenvalue weighted by Gasteiger charge is -2.13. The van der Waals surface area contributed by atoms with Crippen LogP contribution in [-0.2, 0) is 32.4 Å². The van der Waals surface area contributed by atoms with E-state index in [2.05, 4.69) is 29.5 Å². The van der Waals surface area contributed by atoms with Crippen LogP contribution < -0.4 is 14.8 Å². The van der Waals surface area contributed by atoms with Crippen molar-refractivity contribution < 1.29 is 14.0 Å². The first-order chi connectivity index (χ1) is 12.2. The second-order valence-electron chi connectivity index (χ2n) is 6.98. The number of nitrogens with one attached hydrogen (secondary N) is 1. The van der Waals surface area contributed by atoms with Crippen molar-refractivity contribution in [2.75, 3.05) is 6.61 Å². The topological polar surface area (TPSA) is 56.5 Å². The van der Waals surface area contributed by atoms with Gasteiger partial charge in [-0.1, -0.05) is 5.16 Å². The van der Waals surface area contributed by atoms with Crippen molar-refractivity contribution in [2.24, 2.45) is 0 Å². The fraction of sp³-hybridized carbons (Fsp3) is 0.550. The Hall–Kier alpha value is -2.01. The van der Waals surface area contributed by atoms with E-state index in [1.807, 2.05) is 6.92 Å². The Bertz CT molecular complexity index is 754. The third kappa shape index (κ3) is 3.38. The van der Waals surface area contributed by atoms with Crippen molar-refractivity contribution in [3.8, 4) is 11.5 Å². The molecule has 1 aliphatic heterocycles. The fourth-order valence-electron chi connectivity index (χ4n) is 3.86. The van der Waals surface area contributed by atoms with E-state index in [1.165, 1.54) is 24.0 Å². The fourth-order valence-corrected chi connectivity index (χ4v) is 3.86. The monoisotopic (exact) mass is 342 g/mol. The Morgan fingerprint density at radius 2 is 2.12 bits per heavy atom. The van der Waals surface area contributed by atoms with Crippen molar-refractivity contribution in [3.63, 3.8) is 0 Å². The number of hydrogen-bond donors (Lipinski definition) is 1. The molecule has 0 saturated carbocycles. The Balaban J connectivity index is 1.47. The highest BCUT2D eigenvalue weighted by Gasteiger charge is 2.24. The minimum Gasteiger partial charge on any atom is -0.494 e. The molecule has 1 aromatic carbocycles. The maximum atomic E-state index is 6.02. The van der Waals surface area contributed by atoms with Crippen LogP contribution in [0, 0.1) is 0 Å². The molecule has 25 heavy (non-hydrogen) atoms. The standard InChI is InChI=1S/C20H26N2O3/c1-3-23-16-9-14-8-13(2)24-20(14)15(10-16)11-21-12-18-17-6-4-5-7-19(17)25-22-18/h9-10,13,21H,3-8,11-12H2,1-2H3. The molecule has 5 nitrogen and oxygen atoms in total. The summed E-state index contributed by atoms with van der Waals surface area (Å²) in [7, 11) is 0. The largest absolute Gasteiger partial charge is 0.494 e. The number of aryl methyl sites for hydroxylation is 1. The van der Waals surface area contributed by atoms with Crippen molar-refractivity contribution in [1.29, 1.82) is 0 Å². The number of fused-ring (bicyclic) bond motifs is 2. The van der Waals surface area contributed by atoms with Crippen LogP contribution in [0.4, 0.5) is 0 Å². The molecular formula is C20H26N2O3. The first-order valence-corrected chi connectivity index (χ1v) is 9.37. The Morgan fingerprint density at radius 3 is 3.00 bits per heavy atom. The molecule has 134 valence electrons. The third-order valence-electron chi connectivity index (χ3n) is 4.99. The van der Waals surface area contributed by atoms with Gasteiger partial charge in [0.2, 0.25) is 0 Å². The lowest BCUT2D eigenvalue weighted by molar-refractivity contribution is 0.252. The van der Waals surface area contributed by atoms with Gasteiger partial charge in [-0.15, -0.1) is 0 Å². The summed E-state index contributed by atoms with van der Waals surface area (Å²) in [5, 5.41) is 7.78. The van der Waals surface area contributed by atoms with Gasteiger partial charge in [0, 0.05) is 42.6 Å². The predicted molar refractivity (Wildman–Crippen MR) is 95.1 cm³/mol. The summed E-state index contributed by atoms with van der Waals surface area (Å²) in [6.45, 7) is 6.25. The van der Waals surface area contributed by atoms with Crippen molar-refractivity contribution in [3.05, 3.63) is 40.3 Å². The highest BCUT2D eigenvalue weighted by molar-refractivity contribution is 5.49. The number of aromatic nitrogens is 1. The van der Waals surface area contributed by atoms with E-state index in [0.717, 1.165) is 60.9 Å². The van der Waals surface area contributed by atoms with Gasteiger partial charge in [0.1, 0.15) is 29.1 Å². The van der Waals surface area contributed by atoms with Gasteiger partial charge in [-0.3, -0.25) is 0 Å². The second kappa shape index (κ2) is 7.08. The second-order valence-corrected chi connectivity index (χ2v) is 6.98. The van der Waals surface area contributed by atoms with Gasteiger partial charge >= 0.3 is 0 Å². The van der Waals surface area contributed by atoms with Crippen molar-refractivity contribution >= 4 is 0 Å². The van der Waals surface area contributed by atoms with E-state index in [9.17, 15) is 0 Å². The van der Waals surface area contributed by atoms with Gasteiger partial charge in [-0.25, -0.2) is 0 Å². The Morgan fingerprint density at radius 1 is 1.24 bits per heavy atom. The zero-order valence-electron chi connectivity index (χ0n) is 15.1. The molecule has 5 heteroatoms. The van der Waals surface area contributed by atoms with E-state index in [4.69, 9.17) is 14.0 Å². The smallest absolute Gasteiger partial charge is 0.140 e. The molecule has 1 atom stereocenters. The summed E-state index contributed by atoms with van der Waals surface area (Å²) in [4.78, 5) is 0. The number of rotatable bonds is 6. The van der Waals surface area contributed by atoms with Crippen molar-refractivity contribution in [2.45, 2.75) is 65.1 Å². The molecule has 1 N–H and O–H groups in total. The van der Waals surface area contributed by atoms with E-state index < -0.39 is 0 Å². The summed E-state index contributed by atoms with van der Waals surface area (Å²) < 4.78 is 17.2. The van der Waals surface area contributed by atoms with Crippen LogP contribution in [0.1, 0.15) is 54.8 Å². The highest BCUT2D eigenvalue weighted by atomic mass is 16.5. The number of nitrogens with zero attached hydrogens (tertiary/aromatic N) is 1. The maximum Gasteiger partial charge on any atom is 0.140 e. The summed E-state index contributed by atoms with van der Waals surface area (Å²) in [6, 6.07) is 4.20. The van der Waals surface area contributed by atoms with E-state index >= 15 is 0 Å². The molecule has 2 aromatic rings. The molecule has 2 heterocycles. The van der Waals surface area contributed by atoms with Crippen LogP contribution in [0.3, 0.4) is 0 Å². The summed E-state index contributed by atoms with van der Waals surface area (Å²) in [5.74, 6) is 3.03. The lowest BCUT2D eigenvalue weighted by Crippen LogP contribution is -2.16. The van der Waals surface area contributed by atoms with E-state index in [1.54, 1.807) is 0 Å². The molecule has 1 unspecified atom stereocenters. The minimum atomic E-state index is 0.230. The van der Waals surface area contributed by atoms with Crippen LogP contribution in [0.2, 0.25) is 0 Å². The molecule has 0 amide bonds. The Kier molecular flexibility index (Phi) is 4.66. The molecule has 2 aliphatic rings.